The van der Waals surface area contributed by atoms with Crippen molar-refractivity contribution in [1.82, 2.24) is 10.2 Å². The highest BCUT2D eigenvalue weighted by Gasteiger charge is 2.27. The van der Waals surface area contributed by atoms with E-state index in [-0.39, 0.29) is 31.5 Å². The number of nitrogens with one attached hydrogen (secondary N) is 1. The van der Waals surface area contributed by atoms with Gasteiger partial charge in [0, 0.05) is 19.5 Å². The van der Waals surface area contributed by atoms with Crippen LogP contribution in [0.4, 0.5) is 4.79 Å². The molecule has 0 bridgehead atoms. The van der Waals surface area contributed by atoms with Gasteiger partial charge in [-0.1, -0.05) is 30.3 Å². The number of nitrogens with zero attached hydrogens (tertiary/aromatic N) is 2. The molecule has 1 aliphatic heterocycles. The molecule has 0 aromatic heterocycles. The van der Waals surface area contributed by atoms with Crippen molar-refractivity contribution < 1.29 is 14.3 Å². The summed E-state index contributed by atoms with van der Waals surface area (Å²) in [5.41, 5.74) is 0.905. The van der Waals surface area contributed by atoms with Crippen LogP contribution in [0.15, 0.2) is 30.3 Å². The van der Waals surface area contributed by atoms with E-state index >= 15 is 0 Å². The van der Waals surface area contributed by atoms with Crippen LogP contribution in [0.2, 0.25) is 0 Å². The molecule has 0 aliphatic carbocycles. The molecule has 22 heavy (non-hydrogen) atoms. The van der Waals surface area contributed by atoms with Crippen molar-refractivity contribution >= 4 is 12.0 Å². The van der Waals surface area contributed by atoms with Gasteiger partial charge >= 0.3 is 6.09 Å². The summed E-state index contributed by atoms with van der Waals surface area (Å²) in [4.78, 5) is 25.1. The summed E-state index contributed by atoms with van der Waals surface area (Å²) < 4.78 is 5.05. The third-order valence-corrected chi connectivity index (χ3v) is 3.54. The molecule has 1 aromatic rings. The standard InChI is InChI=1S/C16H19N3O3/c17-11-14-7-4-10-19(14)15(20)8-9-18-16(21)22-12-13-5-2-1-3-6-13/h1-3,5-6,14H,4,7-10,12H2,(H,18,21). The smallest absolute Gasteiger partial charge is 0.407 e. The zero-order valence-electron chi connectivity index (χ0n) is 12.3. The quantitative estimate of drug-likeness (QED) is 0.899. The van der Waals surface area contributed by atoms with Gasteiger partial charge in [-0.15, -0.1) is 0 Å². The summed E-state index contributed by atoms with van der Waals surface area (Å²) in [6.07, 6.45) is 1.22. The molecule has 6 nitrogen and oxygen atoms in total. The third-order valence-electron chi connectivity index (χ3n) is 3.54. The average Bonchev–Trinajstić information content (AvgIpc) is 3.02. The maximum Gasteiger partial charge on any atom is 0.407 e. The lowest BCUT2D eigenvalue weighted by Gasteiger charge is -2.19. The summed E-state index contributed by atoms with van der Waals surface area (Å²) >= 11 is 0. The van der Waals surface area contributed by atoms with Crippen molar-refractivity contribution in [2.75, 3.05) is 13.1 Å². The van der Waals surface area contributed by atoms with E-state index in [0.717, 1.165) is 18.4 Å². The molecule has 1 unspecified atom stereocenters. The molecule has 1 atom stereocenters. The number of rotatable bonds is 5. The molecule has 0 spiro atoms. The van der Waals surface area contributed by atoms with E-state index in [2.05, 4.69) is 11.4 Å². The van der Waals surface area contributed by atoms with Crippen LogP contribution in [0.1, 0.15) is 24.8 Å². The zero-order chi connectivity index (χ0) is 15.8. The van der Waals surface area contributed by atoms with Gasteiger partial charge in [0.2, 0.25) is 5.91 Å². The van der Waals surface area contributed by atoms with Crippen LogP contribution in [-0.4, -0.2) is 36.0 Å². The lowest BCUT2D eigenvalue weighted by Crippen LogP contribution is -2.37. The Morgan fingerprint density at radius 2 is 2.14 bits per heavy atom. The molecule has 1 fully saturated rings. The first-order chi connectivity index (χ1) is 10.7. The Morgan fingerprint density at radius 3 is 2.86 bits per heavy atom. The minimum Gasteiger partial charge on any atom is -0.445 e. The summed E-state index contributed by atoms with van der Waals surface area (Å²) in [6.45, 7) is 1.03. The fourth-order valence-electron chi connectivity index (χ4n) is 2.39. The lowest BCUT2D eigenvalue weighted by atomic mass is 10.2. The van der Waals surface area contributed by atoms with E-state index < -0.39 is 6.09 Å². The van der Waals surface area contributed by atoms with E-state index in [1.807, 2.05) is 30.3 Å². The monoisotopic (exact) mass is 301 g/mol. The number of alkyl carbamates (subject to hydrolysis) is 1. The highest BCUT2D eigenvalue weighted by Crippen LogP contribution is 2.17. The molecule has 1 heterocycles. The molecule has 116 valence electrons. The van der Waals surface area contributed by atoms with E-state index in [1.165, 1.54) is 0 Å². The van der Waals surface area contributed by atoms with Crippen molar-refractivity contribution in [1.29, 1.82) is 5.26 Å². The number of carbonyl (C=O) groups is 2. The molecule has 1 aromatic carbocycles. The van der Waals surface area contributed by atoms with E-state index in [9.17, 15) is 9.59 Å². The summed E-state index contributed by atoms with van der Waals surface area (Å²) in [7, 11) is 0. The van der Waals surface area contributed by atoms with Gasteiger partial charge in [0.05, 0.1) is 6.07 Å². The van der Waals surface area contributed by atoms with Gasteiger partial charge in [0.1, 0.15) is 12.6 Å². The highest BCUT2D eigenvalue weighted by atomic mass is 16.5. The van der Waals surface area contributed by atoms with Crippen molar-refractivity contribution in [3.05, 3.63) is 35.9 Å². The summed E-state index contributed by atoms with van der Waals surface area (Å²) in [5, 5.41) is 11.5. The Hall–Kier alpha value is -2.55. The molecule has 2 rings (SSSR count). The Bertz CT molecular complexity index is 554. The van der Waals surface area contributed by atoms with Crippen molar-refractivity contribution in [3.8, 4) is 6.07 Å². The number of benzene rings is 1. The number of hydrogen-bond acceptors (Lipinski definition) is 4. The van der Waals surface area contributed by atoms with E-state index in [1.54, 1.807) is 4.90 Å². The normalized spacial score (nSPS) is 16.9. The molecular formula is C16H19N3O3. The number of nitriles is 1. The second-order valence-corrected chi connectivity index (χ2v) is 5.11. The van der Waals surface area contributed by atoms with E-state index in [4.69, 9.17) is 10.00 Å². The molecule has 2 amide bonds. The molecular weight excluding hydrogens is 282 g/mol. The van der Waals surface area contributed by atoms with Crippen molar-refractivity contribution in [2.45, 2.75) is 31.9 Å². The summed E-state index contributed by atoms with van der Waals surface area (Å²) in [5.74, 6) is -0.104. The van der Waals surface area contributed by atoms with Crippen molar-refractivity contribution in [3.63, 3.8) is 0 Å². The SMILES string of the molecule is N#CC1CCCN1C(=O)CCNC(=O)OCc1ccccc1. The van der Waals surface area contributed by atoms with Crippen LogP contribution in [-0.2, 0) is 16.1 Å². The average molecular weight is 301 g/mol. The van der Waals surface area contributed by atoms with E-state index in [0.29, 0.717) is 6.54 Å². The first kappa shape index (κ1) is 15.8. The first-order valence-electron chi connectivity index (χ1n) is 7.34. The third kappa shape index (κ3) is 4.48. The maximum atomic E-state index is 12.0. The zero-order valence-corrected chi connectivity index (χ0v) is 12.3. The number of likely N-dealkylation sites (tertiary alicyclic amines) is 1. The van der Waals surface area contributed by atoms with Crippen LogP contribution in [0.5, 0.6) is 0 Å². The molecule has 1 N–H and O–H groups in total. The second-order valence-electron chi connectivity index (χ2n) is 5.11. The van der Waals surface area contributed by atoms with Crippen LogP contribution in [0.3, 0.4) is 0 Å². The Kier molecular flexibility index (Phi) is 5.78. The Labute approximate surface area is 129 Å². The van der Waals surface area contributed by atoms with Gasteiger partial charge in [-0.3, -0.25) is 4.79 Å². The van der Waals surface area contributed by atoms with Crippen LogP contribution in [0, 0.1) is 11.3 Å². The van der Waals surface area contributed by atoms with Gasteiger partial charge in [-0.25, -0.2) is 4.79 Å². The number of carbonyl (C=O) groups excluding carboxylic acids is 2. The Morgan fingerprint density at radius 1 is 1.36 bits per heavy atom. The molecule has 0 saturated carbocycles. The molecule has 1 aliphatic rings. The van der Waals surface area contributed by atoms with Gasteiger partial charge in [-0.2, -0.15) is 5.26 Å². The van der Waals surface area contributed by atoms with Crippen LogP contribution < -0.4 is 5.32 Å². The van der Waals surface area contributed by atoms with Gasteiger partial charge in [-0.05, 0) is 18.4 Å². The van der Waals surface area contributed by atoms with Crippen LogP contribution >= 0.6 is 0 Å². The van der Waals surface area contributed by atoms with Gasteiger partial charge in [0.15, 0.2) is 0 Å². The largest absolute Gasteiger partial charge is 0.445 e. The second kappa shape index (κ2) is 8.03. The van der Waals surface area contributed by atoms with Gasteiger partial charge < -0.3 is 15.0 Å². The number of ether oxygens (including phenoxy) is 1. The summed E-state index contributed by atoms with van der Waals surface area (Å²) in [6, 6.07) is 11.2. The van der Waals surface area contributed by atoms with Gasteiger partial charge in [0.25, 0.3) is 0 Å². The first-order valence-corrected chi connectivity index (χ1v) is 7.34. The fourth-order valence-corrected chi connectivity index (χ4v) is 2.39. The molecule has 6 heteroatoms. The number of hydrogen-bond donors (Lipinski definition) is 1. The minimum absolute atomic E-state index is 0.104. The molecule has 0 radical (unpaired) electrons. The topological polar surface area (TPSA) is 82.4 Å². The minimum atomic E-state index is -0.546. The molecule has 1 saturated heterocycles. The van der Waals surface area contributed by atoms with Crippen molar-refractivity contribution in [2.24, 2.45) is 0 Å². The Balaban J connectivity index is 1.64. The predicted molar refractivity (Wildman–Crippen MR) is 79.6 cm³/mol. The van der Waals surface area contributed by atoms with Crippen LogP contribution in [0.25, 0.3) is 0 Å². The fraction of sp³-hybridized carbons (Fsp3) is 0.438. The maximum absolute atomic E-state index is 12.0. The number of amides is 2. The highest BCUT2D eigenvalue weighted by molar-refractivity contribution is 5.78. The predicted octanol–water partition coefficient (Wildman–Crippen LogP) is 1.82. The lowest BCUT2D eigenvalue weighted by molar-refractivity contribution is -0.131.